The topological polar surface area (TPSA) is 51.1 Å². The van der Waals surface area contributed by atoms with Gasteiger partial charge in [-0.15, -0.1) is 11.3 Å². The molecule has 0 saturated carbocycles. The first-order valence-corrected chi connectivity index (χ1v) is 9.92. The normalized spacial score (nSPS) is 17.2. The monoisotopic (exact) mass is 372 g/mol. The second-order valence-corrected chi connectivity index (χ2v) is 8.02. The summed E-state index contributed by atoms with van der Waals surface area (Å²) in [6.07, 6.45) is 2.75. The van der Waals surface area contributed by atoms with Crippen molar-refractivity contribution in [2.75, 3.05) is 39.8 Å². The van der Waals surface area contributed by atoms with Gasteiger partial charge in [-0.1, -0.05) is 11.6 Å². The van der Waals surface area contributed by atoms with Crippen LogP contribution in [-0.2, 0) is 6.54 Å². The first-order valence-electron chi connectivity index (χ1n) is 8.72. The van der Waals surface area contributed by atoms with Crippen LogP contribution in [0.2, 0.25) is 4.34 Å². The van der Waals surface area contributed by atoms with E-state index in [-0.39, 0.29) is 6.10 Å². The van der Waals surface area contributed by atoms with Crippen LogP contribution in [0, 0.1) is 0 Å². The van der Waals surface area contributed by atoms with Crippen molar-refractivity contribution in [1.82, 2.24) is 15.1 Å². The lowest BCUT2D eigenvalue weighted by Gasteiger charge is -2.29. The molecule has 0 aromatic carbocycles. The fourth-order valence-corrected chi connectivity index (χ4v) is 3.98. The Bertz CT molecular complexity index is 514. The van der Waals surface area contributed by atoms with Gasteiger partial charge >= 0.3 is 0 Å². The highest BCUT2D eigenvalue weighted by Gasteiger charge is 2.16. The smallest absolute Gasteiger partial charge is 0.193 e. The third kappa shape index (κ3) is 6.59. The minimum atomic E-state index is -0.0981. The number of thiophene rings is 1. The number of halogens is 1. The predicted molar refractivity (Wildman–Crippen MR) is 103 cm³/mol. The van der Waals surface area contributed by atoms with Crippen molar-refractivity contribution in [3.8, 4) is 0 Å². The van der Waals surface area contributed by atoms with Crippen molar-refractivity contribution >= 4 is 28.9 Å². The molecule has 24 heavy (non-hydrogen) atoms. The van der Waals surface area contributed by atoms with E-state index in [0.717, 1.165) is 68.8 Å². The van der Waals surface area contributed by atoms with E-state index in [9.17, 15) is 5.11 Å². The van der Waals surface area contributed by atoms with E-state index in [0.29, 0.717) is 0 Å². The Labute approximate surface area is 154 Å². The van der Waals surface area contributed by atoms with E-state index in [4.69, 9.17) is 16.6 Å². The zero-order valence-corrected chi connectivity index (χ0v) is 16.2. The van der Waals surface area contributed by atoms with Crippen LogP contribution in [0.25, 0.3) is 0 Å². The molecule has 1 aromatic rings. The van der Waals surface area contributed by atoms with Gasteiger partial charge in [-0.2, -0.15) is 0 Å². The predicted octanol–water partition coefficient (Wildman–Crippen LogP) is 2.65. The Kier molecular flexibility index (Phi) is 8.32. The Morgan fingerprint density at radius 3 is 2.83 bits per heavy atom. The maximum Gasteiger partial charge on any atom is 0.193 e. The summed E-state index contributed by atoms with van der Waals surface area (Å²) in [5.74, 6) is 0.941. The van der Waals surface area contributed by atoms with Gasteiger partial charge in [-0.25, -0.2) is 0 Å². The van der Waals surface area contributed by atoms with Crippen LogP contribution in [0.1, 0.15) is 31.1 Å². The minimum Gasteiger partial charge on any atom is -0.393 e. The van der Waals surface area contributed by atoms with E-state index in [1.807, 2.05) is 6.07 Å². The highest BCUT2D eigenvalue weighted by atomic mass is 35.5. The zero-order chi connectivity index (χ0) is 17.4. The largest absolute Gasteiger partial charge is 0.393 e. The fourth-order valence-electron chi connectivity index (χ4n) is 2.84. The number of hydrogen-bond donors (Lipinski definition) is 2. The molecule has 0 radical (unpaired) electrons. The van der Waals surface area contributed by atoms with Crippen molar-refractivity contribution in [3.05, 3.63) is 21.3 Å². The second-order valence-electron chi connectivity index (χ2n) is 6.22. The number of aliphatic hydroxyl groups is 1. The van der Waals surface area contributed by atoms with Crippen LogP contribution < -0.4 is 5.32 Å². The molecule has 0 bridgehead atoms. The number of rotatable bonds is 7. The number of hydrogen-bond acceptors (Lipinski definition) is 4. The van der Waals surface area contributed by atoms with E-state index in [1.54, 1.807) is 11.3 Å². The zero-order valence-electron chi connectivity index (χ0n) is 14.7. The second kappa shape index (κ2) is 10.2. The number of nitrogens with one attached hydrogen (secondary N) is 1. The van der Waals surface area contributed by atoms with Gasteiger partial charge in [0, 0.05) is 38.1 Å². The molecule has 2 rings (SSSR count). The van der Waals surface area contributed by atoms with Crippen LogP contribution in [0.4, 0.5) is 0 Å². The van der Waals surface area contributed by atoms with Gasteiger partial charge < -0.3 is 20.2 Å². The van der Waals surface area contributed by atoms with Crippen molar-refractivity contribution in [1.29, 1.82) is 0 Å². The third-order valence-corrected chi connectivity index (χ3v) is 5.39. The summed E-state index contributed by atoms with van der Waals surface area (Å²) in [5, 5.41) is 12.9. The SMILES string of the molecule is CCNC(=NCCCN1CCC(O)CC1)N(C)Cc1ccc(Cl)s1. The molecule has 1 saturated heterocycles. The fraction of sp³-hybridized carbons (Fsp3) is 0.706. The van der Waals surface area contributed by atoms with Gasteiger partial charge in [0.25, 0.3) is 0 Å². The summed E-state index contributed by atoms with van der Waals surface area (Å²) in [6, 6.07) is 4.01. The first kappa shape index (κ1) is 19.5. The van der Waals surface area contributed by atoms with E-state index >= 15 is 0 Å². The molecular formula is C17H29ClN4OS. The van der Waals surface area contributed by atoms with Gasteiger partial charge in [-0.05, 0) is 44.9 Å². The van der Waals surface area contributed by atoms with Crippen LogP contribution >= 0.6 is 22.9 Å². The Morgan fingerprint density at radius 1 is 1.46 bits per heavy atom. The van der Waals surface area contributed by atoms with E-state index in [2.05, 4.69) is 35.2 Å². The number of aliphatic imine (C=N–C) groups is 1. The molecular weight excluding hydrogens is 344 g/mol. The van der Waals surface area contributed by atoms with Gasteiger partial charge in [0.2, 0.25) is 0 Å². The van der Waals surface area contributed by atoms with Gasteiger partial charge in [0.15, 0.2) is 5.96 Å². The molecule has 0 aliphatic carbocycles. The molecule has 5 nitrogen and oxygen atoms in total. The van der Waals surface area contributed by atoms with E-state index < -0.39 is 0 Å². The van der Waals surface area contributed by atoms with Crippen LogP contribution in [-0.4, -0.2) is 66.7 Å². The Morgan fingerprint density at radius 2 is 2.21 bits per heavy atom. The van der Waals surface area contributed by atoms with Crippen LogP contribution in [0.15, 0.2) is 17.1 Å². The summed E-state index contributed by atoms with van der Waals surface area (Å²) < 4.78 is 0.826. The Balaban J connectivity index is 1.77. The van der Waals surface area contributed by atoms with E-state index in [1.165, 1.54) is 4.88 Å². The minimum absolute atomic E-state index is 0.0981. The molecule has 1 aliphatic rings. The van der Waals surface area contributed by atoms with Crippen LogP contribution in [0.3, 0.4) is 0 Å². The quantitative estimate of drug-likeness (QED) is 0.439. The molecule has 1 aromatic heterocycles. The van der Waals surface area contributed by atoms with Gasteiger partial charge in [0.1, 0.15) is 0 Å². The highest BCUT2D eigenvalue weighted by molar-refractivity contribution is 7.16. The highest BCUT2D eigenvalue weighted by Crippen LogP contribution is 2.22. The maximum atomic E-state index is 9.54. The summed E-state index contributed by atoms with van der Waals surface area (Å²) in [5.41, 5.74) is 0. The lowest BCUT2D eigenvalue weighted by atomic mass is 10.1. The number of aliphatic hydroxyl groups excluding tert-OH is 1. The Hall–Kier alpha value is -0.820. The van der Waals surface area contributed by atoms with Gasteiger partial charge in [0.05, 0.1) is 17.0 Å². The number of nitrogens with zero attached hydrogens (tertiary/aromatic N) is 3. The molecule has 136 valence electrons. The number of likely N-dealkylation sites (tertiary alicyclic amines) is 1. The molecule has 2 heterocycles. The molecule has 0 unspecified atom stereocenters. The summed E-state index contributed by atoms with van der Waals surface area (Å²) in [6.45, 7) is 7.64. The van der Waals surface area contributed by atoms with Crippen molar-refractivity contribution < 1.29 is 5.11 Å². The average Bonchev–Trinajstić information content (AvgIpc) is 2.97. The average molecular weight is 373 g/mol. The molecule has 1 fully saturated rings. The van der Waals surface area contributed by atoms with Gasteiger partial charge in [-0.3, -0.25) is 4.99 Å². The standard InChI is InChI=1S/C17H29ClN4OS/c1-3-19-17(21(2)13-15-5-6-16(18)24-15)20-9-4-10-22-11-7-14(23)8-12-22/h5-6,14,23H,3-4,7-13H2,1-2H3,(H,19,20). The molecule has 1 aliphatic heterocycles. The first-order chi connectivity index (χ1) is 11.6. The molecule has 7 heteroatoms. The number of guanidine groups is 1. The number of piperidine rings is 1. The van der Waals surface area contributed by atoms with Crippen LogP contribution in [0.5, 0.6) is 0 Å². The summed E-state index contributed by atoms with van der Waals surface area (Å²) in [4.78, 5) is 10.5. The maximum absolute atomic E-state index is 9.54. The summed E-state index contributed by atoms with van der Waals surface area (Å²) in [7, 11) is 2.06. The van der Waals surface area contributed by atoms with Crippen molar-refractivity contribution in [2.45, 2.75) is 38.8 Å². The lowest BCUT2D eigenvalue weighted by Crippen LogP contribution is -2.39. The third-order valence-electron chi connectivity index (χ3n) is 4.17. The van der Waals surface area contributed by atoms with Crippen molar-refractivity contribution in [3.63, 3.8) is 0 Å². The molecule has 2 N–H and O–H groups in total. The lowest BCUT2D eigenvalue weighted by molar-refractivity contribution is 0.0824. The van der Waals surface area contributed by atoms with Crippen molar-refractivity contribution in [2.24, 2.45) is 4.99 Å². The molecule has 0 amide bonds. The molecule has 0 atom stereocenters. The summed E-state index contributed by atoms with van der Waals surface area (Å²) >= 11 is 7.62. The molecule has 0 spiro atoms.